The van der Waals surface area contributed by atoms with Crippen molar-refractivity contribution in [3.8, 4) is 17.2 Å². The maximum absolute atomic E-state index is 13.6. The molecular weight excluding hydrogens is 456 g/mol. The maximum Gasteiger partial charge on any atom is 0.243 e. The van der Waals surface area contributed by atoms with Crippen LogP contribution >= 0.6 is 0 Å². The minimum Gasteiger partial charge on any atom is -0.497 e. The molecule has 0 unspecified atom stereocenters. The van der Waals surface area contributed by atoms with Gasteiger partial charge in [0.25, 0.3) is 0 Å². The van der Waals surface area contributed by atoms with E-state index in [2.05, 4.69) is 0 Å². The fourth-order valence-electron chi connectivity index (χ4n) is 5.14. The Balaban J connectivity index is 1.32. The molecule has 3 aliphatic heterocycles. The molecular formula is C25H30N2O6S. The van der Waals surface area contributed by atoms with Gasteiger partial charge in [-0.2, -0.15) is 4.31 Å². The molecule has 9 heteroatoms. The summed E-state index contributed by atoms with van der Waals surface area (Å²) in [7, 11) is -2.13. The summed E-state index contributed by atoms with van der Waals surface area (Å²) in [6.45, 7) is 2.36. The number of piperidine rings is 1. The summed E-state index contributed by atoms with van der Waals surface area (Å²) in [5.74, 6) is 1.74. The third-order valence-electron chi connectivity index (χ3n) is 6.92. The minimum absolute atomic E-state index is 0.0306. The van der Waals surface area contributed by atoms with Crippen molar-refractivity contribution in [2.75, 3.05) is 40.0 Å². The Hall–Kier alpha value is -2.78. The number of hydrogen-bond donors (Lipinski definition) is 0. The molecule has 2 fully saturated rings. The summed E-state index contributed by atoms with van der Waals surface area (Å²) in [5.41, 5.74) is 1.04. The lowest BCUT2D eigenvalue weighted by Gasteiger charge is -2.35. The Bertz CT molecular complexity index is 1150. The minimum atomic E-state index is -3.68. The number of likely N-dealkylation sites (tertiary alicyclic amines) is 1. The van der Waals surface area contributed by atoms with E-state index in [1.807, 2.05) is 23.1 Å². The van der Waals surface area contributed by atoms with Crippen LogP contribution in [0.15, 0.2) is 47.4 Å². The van der Waals surface area contributed by atoms with Crippen LogP contribution in [0.3, 0.4) is 0 Å². The lowest BCUT2D eigenvalue weighted by atomic mass is 9.96. The average Bonchev–Trinajstić information content (AvgIpc) is 3.38. The number of amides is 1. The van der Waals surface area contributed by atoms with Crippen LogP contribution < -0.4 is 14.2 Å². The number of benzene rings is 2. The topological polar surface area (TPSA) is 85.4 Å². The van der Waals surface area contributed by atoms with Crippen molar-refractivity contribution in [2.24, 2.45) is 5.92 Å². The monoisotopic (exact) mass is 486 g/mol. The van der Waals surface area contributed by atoms with E-state index in [1.54, 1.807) is 31.4 Å². The summed E-state index contributed by atoms with van der Waals surface area (Å²) >= 11 is 0. The largest absolute Gasteiger partial charge is 0.497 e. The third-order valence-corrected chi connectivity index (χ3v) is 8.80. The standard InChI is InChI=1S/C25H30N2O6S/c1-31-20-7-9-21(10-8-20)34(29,30)26-12-2-4-19(17-26)25(28)27-13-3-5-22(27)18-6-11-23-24(16-18)33-15-14-32-23/h6-11,16,19,22H,2-5,12-15,17H2,1H3/t19-,22+/m1/s1. The van der Waals surface area contributed by atoms with Crippen LogP contribution in [0.1, 0.15) is 37.3 Å². The van der Waals surface area contributed by atoms with Gasteiger partial charge in [-0.05, 0) is 67.6 Å². The number of sulfonamides is 1. The molecule has 1 amide bonds. The van der Waals surface area contributed by atoms with Crippen LogP contribution in [-0.4, -0.2) is 63.5 Å². The van der Waals surface area contributed by atoms with Crippen LogP contribution in [0, 0.1) is 5.92 Å². The third kappa shape index (κ3) is 4.34. The fraction of sp³-hybridized carbons (Fsp3) is 0.480. The van der Waals surface area contributed by atoms with Gasteiger partial charge in [-0.1, -0.05) is 6.07 Å². The summed E-state index contributed by atoms with van der Waals surface area (Å²) < 4.78 is 44.4. The molecule has 34 heavy (non-hydrogen) atoms. The number of carbonyl (C=O) groups excluding carboxylic acids is 1. The van der Waals surface area contributed by atoms with Crippen molar-refractivity contribution >= 4 is 15.9 Å². The van der Waals surface area contributed by atoms with Crippen LogP contribution in [0.2, 0.25) is 0 Å². The molecule has 0 aromatic heterocycles. The van der Waals surface area contributed by atoms with Crippen LogP contribution in [0.25, 0.3) is 0 Å². The van der Waals surface area contributed by atoms with Crippen molar-refractivity contribution in [1.29, 1.82) is 0 Å². The van der Waals surface area contributed by atoms with Gasteiger partial charge in [-0.25, -0.2) is 8.42 Å². The van der Waals surface area contributed by atoms with Crippen molar-refractivity contribution in [3.05, 3.63) is 48.0 Å². The van der Waals surface area contributed by atoms with E-state index < -0.39 is 10.0 Å². The first kappa shape index (κ1) is 23.0. The predicted octanol–water partition coefficient (Wildman–Crippen LogP) is 3.23. The number of ether oxygens (including phenoxy) is 3. The summed E-state index contributed by atoms with van der Waals surface area (Å²) in [5, 5.41) is 0. The van der Waals surface area contributed by atoms with E-state index >= 15 is 0 Å². The van der Waals surface area contributed by atoms with Gasteiger partial charge in [0.05, 0.1) is 24.0 Å². The van der Waals surface area contributed by atoms with Gasteiger partial charge in [0.2, 0.25) is 15.9 Å². The van der Waals surface area contributed by atoms with Crippen LogP contribution in [-0.2, 0) is 14.8 Å². The summed E-state index contributed by atoms with van der Waals surface area (Å²) in [6, 6.07) is 12.3. The van der Waals surface area contributed by atoms with E-state index in [0.717, 1.165) is 29.9 Å². The molecule has 2 aromatic carbocycles. The van der Waals surface area contributed by atoms with Gasteiger partial charge in [0.15, 0.2) is 11.5 Å². The molecule has 0 saturated carbocycles. The number of rotatable bonds is 5. The molecule has 2 saturated heterocycles. The number of hydrogen-bond acceptors (Lipinski definition) is 6. The van der Waals surface area contributed by atoms with Gasteiger partial charge in [-0.3, -0.25) is 4.79 Å². The Morgan fingerprint density at radius 3 is 2.47 bits per heavy atom. The quantitative estimate of drug-likeness (QED) is 0.645. The molecule has 0 radical (unpaired) electrons. The second-order valence-corrected chi connectivity index (χ2v) is 10.9. The van der Waals surface area contributed by atoms with Crippen molar-refractivity contribution in [1.82, 2.24) is 9.21 Å². The van der Waals surface area contributed by atoms with E-state index in [-0.39, 0.29) is 29.3 Å². The Morgan fingerprint density at radius 2 is 1.71 bits per heavy atom. The summed E-state index contributed by atoms with van der Waals surface area (Å²) in [4.78, 5) is 15.7. The molecule has 0 bridgehead atoms. The van der Waals surface area contributed by atoms with Crippen molar-refractivity contribution in [2.45, 2.75) is 36.6 Å². The zero-order chi connectivity index (χ0) is 23.7. The maximum atomic E-state index is 13.6. The molecule has 2 atom stereocenters. The molecule has 3 heterocycles. The highest BCUT2D eigenvalue weighted by atomic mass is 32.2. The highest BCUT2D eigenvalue weighted by Gasteiger charge is 2.39. The first-order valence-corrected chi connectivity index (χ1v) is 13.3. The first-order chi connectivity index (χ1) is 16.5. The van der Waals surface area contributed by atoms with Crippen LogP contribution in [0.4, 0.5) is 0 Å². The molecule has 2 aromatic rings. The molecule has 0 aliphatic carbocycles. The highest BCUT2D eigenvalue weighted by Crippen LogP contribution is 2.39. The normalized spacial score (nSPS) is 23.0. The van der Waals surface area contributed by atoms with Gasteiger partial charge >= 0.3 is 0 Å². The molecule has 182 valence electrons. The average molecular weight is 487 g/mol. The van der Waals surface area contributed by atoms with Crippen LogP contribution in [0.5, 0.6) is 17.2 Å². The second kappa shape index (κ2) is 9.46. The molecule has 5 rings (SSSR count). The van der Waals surface area contributed by atoms with E-state index in [4.69, 9.17) is 14.2 Å². The van der Waals surface area contributed by atoms with Crippen molar-refractivity contribution < 1.29 is 27.4 Å². The number of fused-ring (bicyclic) bond motifs is 1. The van der Waals surface area contributed by atoms with Gasteiger partial charge in [-0.15, -0.1) is 0 Å². The predicted molar refractivity (Wildman–Crippen MR) is 126 cm³/mol. The lowest BCUT2D eigenvalue weighted by molar-refractivity contribution is -0.137. The number of nitrogens with zero attached hydrogens (tertiary/aromatic N) is 2. The van der Waals surface area contributed by atoms with Gasteiger partial charge in [0, 0.05) is 19.6 Å². The summed E-state index contributed by atoms with van der Waals surface area (Å²) in [6.07, 6.45) is 3.16. The SMILES string of the molecule is COc1ccc(S(=O)(=O)N2CCC[C@@H](C(=O)N3CCC[C@H]3c3ccc4c(c3)OCCO4)C2)cc1. The van der Waals surface area contributed by atoms with E-state index in [9.17, 15) is 13.2 Å². The smallest absolute Gasteiger partial charge is 0.243 e. The lowest BCUT2D eigenvalue weighted by Crippen LogP contribution is -2.46. The molecule has 0 N–H and O–H groups in total. The molecule has 3 aliphatic rings. The van der Waals surface area contributed by atoms with Gasteiger partial charge < -0.3 is 19.1 Å². The molecule has 0 spiro atoms. The first-order valence-electron chi connectivity index (χ1n) is 11.8. The Morgan fingerprint density at radius 1 is 0.971 bits per heavy atom. The Labute approximate surface area is 200 Å². The van der Waals surface area contributed by atoms with E-state index in [0.29, 0.717) is 44.9 Å². The number of methoxy groups -OCH3 is 1. The fourth-order valence-corrected chi connectivity index (χ4v) is 6.66. The van der Waals surface area contributed by atoms with Gasteiger partial charge in [0.1, 0.15) is 19.0 Å². The molecule has 8 nitrogen and oxygen atoms in total. The highest BCUT2D eigenvalue weighted by molar-refractivity contribution is 7.89. The van der Waals surface area contributed by atoms with Crippen molar-refractivity contribution in [3.63, 3.8) is 0 Å². The Kier molecular flexibility index (Phi) is 6.40. The number of carbonyl (C=O) groups is 1. The zero-order valence-corrected chi connectivity index (χ0v) is 20.1. The van der Waals surface area contributed by atoms with E-state index in [1.165, 1.54) is 4.31 Å². The zero-order valence-electron chi connectivity index (χ0n) is 19.3. The second-order valence-electron chi connectivity index (χ2n) is 8.97.